The minimum Gasteiger partial charge on any atom is -0.497 e. The molecule has 2 aromatic rings. The van der Waals surface area contributed by atoms with Crippen LogP contribution in [0.25, 0.3) is 6.08 Å². The molecule has 28 heavy (non-hydrogen) atoms. The fourth-order valence-electron chi connectivity index (χ4n) is 2.13. The summed E-state index contributed by atoms with van der Waals surface area (Å²) < 4.78 is 28.6. The first-order valence-electron chi connectivity index (χ1n) is 8.34. The van der Waals surface area contributed by atoms with Crippen LogP contribution < -0.4 is 25.1 Å². The Labute approximate surface area is 162 Å². The Hall–Kier alpha value is -3.55. The van der Waals surface area contributed by atoms with Crippen LogP contribution >= 0.6 is 0 Å². The minimum atomic E-state index is -0.891. The summed E-state index contributed by atoms with van der Waals surface area (Å²) in [7, 11) is 3.05. The lowest BCUT2D eigenvalue weighted by Gasteiger charge is -2.14. The molecule has 8 heteroatoms. The van der Waals surface area contributed by atoms with Crippen molar-refractivity contribution in [1.82, 2.24) is 10.9 Å². The van der Waals surface area contributed by atoms with Crippen molar-refractivity contribution in [3.05, 3.63) is 59.9 Å². The van der Waals surface area contributed by atoms with E-state index in [9.17, 15) is 14.0 Å². The Bertz CT molecular complexity index is 830. The number of ether oxygens (including phenoxy) is 3. The summed E-state index contributed by atoms with van der Waals surface area (Å²) >= 11 is 0. The van der Waals surface area contributed by atoms with Gasteiger partial charge in [0.2, 0.25) is 0 Å². The van der Waals surface area contributed by atoms with Crippen LogP contribution in [0.15, 0.2) is 48.5 Å². The zero-order valence-corrected chi connectivity index (χ0v) is 15.7. The van der Waals surface area contributed by atoms with Gasteiger partial charge < -0.3 is 14.2 Å². The van der Waals surface area contributed by atoms with Crippen molar-refractivity contribution in [3.8, 4) is 17.2 Å². The molecule has 7 nitrogen and oxygen atoms in total. The highest BCUT2D eigenvalue weighted by molar-refractivity contribution is 5.93. The van der Waals surface area contributed by atoms with E-state index in [1.165, 1.54) is 51.5 Å². The third-order valence-corrected chi connectivity index (χ3v) is 3.61. The molecular weight excluding hydrogens is 367 g/mol. The average molecular weight is 388 g/mol. The number of carbonyl (C=O) groups excluding carboxylic acids is 2. The molecule has 0 spiro atoms. The highest BCUT2D eigenvalue weighted by Gasteiger charge is 2.15. The maximum absolute atomic E-state index is 12.9. The molecule has 0 heterocycles. The second kappa shape index (κ2) is 9.96. The van der Waals surface area contributed by atoms with Crippen LogP contribution in [0.4, 0.5) is 4.39 Å². The van der Waals surface area contributed by atoms with Gasteiger partial charge >= 0.3 is 0 Å². The van der Waals surface area contributed by atoms with Gasteiger partial charge in [-0.1, -0.05) is 0 Å². The minimum absolute atomic E-state index is 0.335. The number of carbonyl (C=O) groups is 2. The van der Waals surface area contributed by atoms with Gasteiger partial charge in [0.25, 0.3) is 11.8 Å². The molecule has 0 aliphatic carbocycles. The van der Waals surface area contributed by atoms with Crippen molar-refractivity contribution in [3.63, 3.8) is 0 Å². The predicted octanol–water partition coefficient (Wildman–Crippen LogP) is 2.47. The van der Waals surface area contributed by atoms with Crippen LogP contribution in [-0.2, 0) is 9.59 Å². The van der Waals surface area contributed by atoms with Crippen molar-refractivity contribution in [2.24, 2.45) is 0 Å². The molecule has 0 aromatic heterocycles. The van der Waals surface area contributed by atoms with Crippen LogP contribution in [0.2, 0.25) is 0 Å². The Kier molecular flexibility index (Phi) is 7.38. The van der Waals surface area contributed by atoms with Gasteiger partial charge in [0.1, 0.15) is 23.1 Å². The topological polar surface area (TPSA) is 85.9 Å². The normalized spacial score (nSPS) is 11.6. The molecule has 2 amide bonds. The fraction of sp³-hybridized carbons (Fsp3) is 0.200. The Morgan fingerprint density at radius 1 is 0.964 bits per heavy atom. The van der Waals surface area contributed by atoms with Crippen molar-refractivity contribution in [2.45, 2.75) is 13.0 Å². The molecule has 2 N–H and O–H groups in total. The monoisotopic (exact) mass is 388 g/mol. The lowest BCUT2D eigenvalue weighted by molar-refractivity contribution is -0.131. The Morgan fingerprint density at radius 2 is 1.57 bits per heavy atom. The number of amides is 2. The summed E-state index contributed by atoms with van der Waals surface area (Å²) in [6, 6.07) is 10.4. The molecule has 0 fully saturated rings. The number of hydrogen-bond acceptors (Lipinski definition) is 5. The van der Waals surface area contributed by atoms with Crippen LogP contribution in [0.3, 0.4) is 0 Å². The number of nitrogens with one attached hydrogen (secondary N) is 2. The Morgan fingerprint density at radius 3 is 2.14 bits per heavy atom. The molecule has 0 saturated heterocycles. The van der Waals surface area contributed by atoms with Crippen LogP contribution in [-0.4, -0.2) is 32.1 Å². The van der Waals surface area contributed by atoms with Gasteiger partial charge in [-0.3, -0.25) is 20.4 Å². The van der Waals surface area contributed by atoms with Crippen LogP contribution in [0, 0.1) is 5.82 Å². The smallest absolute Gasteiger partial charge is 0.279 e. The van der Waals surface area contributed by atoms with Gasteiger partial charge in [-0.05, 0) is 55.0 Å². The van der Waals surface area contributed by atoms with Gasteiger partial charge in [-0.25, -0.2) is 4.39 Å². The van der Waals surface area contributed by atoms with Gasteiger partial charge in [0.15, 0.2) is 6.10 Å². The summed E-state index contributed by atoms with van der Waals surface area (Å²) in [5, 5.41) is 0. The number of rotatable bonds is 7. The highest BCUT2D eigenvalue weighted by atomic mass is 19.1. The van der Waals surface area contributed by atoms with Gasteiger partial charge in [0, 0.05) is 12.1 Å². The van der Waals surface area contributed by atoms with Gasteiger partial charge in [-0.2, -0.15) is 0 Å². The number of halogens is 1. The van der Waals surface area contributed by atoms with Crippen LogP contribution in [0.5, 0.6) is 17.2 Å². The maximum atomic E-state index is 12.9. The SMILES string of the molecule is COc1cc(/C=C/C(=O)NNC(=O)[C@@H](C)Oc2ccc(F)cc2)cc(OC)c1. The quantitative estimate of drug-likeness (QED) is 0.562. The van der Waals surface area contributed by atoms with E-state index >= 15 is 0 Å². The number of methoxy groups -OCH3 is 2. The summed E-state index contributed by atoms with van der Waals surface area (Å²) in [5.74, 6) is -0.00314. The third kappa shape index (κ3) is 6.31. The standard InChI is InChI=1S/C20H21FN2O5/c1-13(28-16-7-5-15(21)6-8-16)20(25)23-22-19(24)9-4-14-10-17(26-2)12-18(11-14)27-3/h4-13H,1-3H3,(H,22,24)(H,23,25)/b9-4+/t13-/m1/s1. The number of benzene rings is 2. The lowest BCUT2D eigenvalue weighted by atomic mass is 10.2. The number of hydrazine groups is 1. The van der Waals surface area contributed by atoms with E-state index in [2.05, 4.69) is 10.9 Å². The molecule has 0 aliphatic heterocycles. The first-order valence-corrected chi connectivity index (χ1v) is 8.34. The van der Waals surface area contributed by atoms with E-state index in [-0.39, 0.29) is 0 Å². The lowest BCUT2D eigenvalue weighted by Crippen LogP contribution is -2.46. The molecule has 0 unspecified atom stereocenters. The van der Waals surface area contributed by atoms with E-state index < -0.39 is 23.7 Å². The molecule has 2 rings (SSSR count). The van der Waals surface area contributed by atoms with E-state index in [1.807, 2.05) is 0 Å². The number of hydrogen-bond donors (Lipinski definition) is 2. The van der Waals surface area contributed by atoms with Gasteiger partial charge in [-0.15, -0.1) is 0 Å². The molecule has 0 radical (unpaired) electrons. The Balaban J connectivity index is 1.86. The first kappa shape index (κ1) is 20.8. The van der Waals surface area contributed by atoms with Crippen molar-refractivity contribution in [2.75, 3.05) is 14.2 Å². The molecule has 1 atom stereocenters. The first-order chi connectivity index (χ1) is 13.4. The molecule has 0 bridgehead atoms. The van der Waals surface area contributed by atoms with Gasteiger partial charge in [0.05, 0.1) is 14.2 Å². The molecule has 148 valence electrons. The molecule has 2 aromatic carbocycles. The second-order valence-electron chi connectivity index (χ2n) is 5.67. The summed E-state index contributed by atoms with van der Waals surface area (Å²) in [6.45, 7) is 1.50. The highest BCUT2D eigenvalue weighted by Crippen LogP contribution is 2.23. The maximum Gasteiger partial charge on any atom is 0.279 e. The summed E-state index contributed by atoms with van der Waals surface area (Å²) in [4.78, 5) is 23.9. The molecule has 0 saturated carbocycles. The second-order valence-corrected chi connectivity index (χ2v) is 5.67. The summed E-state index contributed by atoms with van der Waals surface area (Å²) in [6.07, 6.45) is 1.91. The van der Waals surface area contributed by atoms with E-state index in [0.29, 0.717) is 22.8 Å². The third-order valence-electron chi connectivity index (χ3n) is 3.61. The van der Waals surface area contributed by atoms with E-state index in [4.69, 9.17) is 14.2 Å². The van der Waals surface area contributed by atoms with Crippen LogP contribution in [0.1, 0.15) is 12.5 Å². The fourth-order valence-corrected chi connectivity index (χ4v) is 2.13. The predicted molar refractivity (Wildman–Crippen MR) is 101 cm³/mol. The molecular formula is C20H21FN2O5. The van der Waals surface area contributed by atoms with Crippen molar-refractivity contribution < 1.29 is 28.2 Å². The molecule has 0 aliphatic rings. The van der Waals surface area contributed by atoms with E-state index in [0.717, 1.165) is 0 Å². The van der Waals surface area contributed by atoms with Crippen molar-refractivity contribution in [1.29, 1.82) is 0 Å². The van der Waals surface area contributed by atoms with Crippen molar-refractivity contribution >= 4 is 17.9 Å². The average Bonchev–Trinajstić information content (AvgIpc) is 2.71. The largest absolute Gasteiger partial charge is 0.497 e. The zero-order chi connectivity index (χ0) is 20.5. The summed E-state index contributed by atoms with van der Waals surface area (Å²) in [5.41, 5.74) is 5.20. The zero-order valence-electron chi connectivity index (χ0n) is 15.7. The van der Waals surface area contributed by atoms with E-state index in [1.54, 1.807) is 24.3 Å².